The van der Waals surface area contributed by atoms with Crippen LogP contribution >= 0.6 is 0 Å². The van der Waals surface area contributed by atoms with Gasteiger partial charge in [-0.3, -0.25) is 14.9 Å². The number of hydrogen-bond acceptors (Lipinski definition) is 3. The molecular formula is C12H10F3N3O3. The number of nitrogens with one attached hydrogen (secondary N) is 3. The number of benzene rings is 1. The molecule has 3 N–H and O–H groups in total. The summed E-state index contributed by atoms with van der Waals surface area (Å²) in [5.74, 6) is -6.19. The van der Waals surface area contributed by atoms with Crippen molar-refractivity contribution in [1.29, 1.82) is 0 Å². The van der Waals surface area contributed by atoms with Gasteiger partial charge in [0.2, 0.25) is 0 Å². The lowest BCUT2D eigenvalue weighted by molar-refractivity contribution is -0.120. The van der Waals surface area contributed by atoms with E-state index in [0.717, 1.165) is 6.07 Å². The molecule has 21 heavy (non-hydrogen) atoms. The van der Waals surface area contributed by atoms with Gasteiger partial charge in [-0.25, -0.2) is 18.0 Å². The van der Waals surface area contributed by atoms with Crippen molar-refractivity contribution in [1.82, 2.24) is 16.0 Å². The minimum absolute atomic E-state index is 0.0599. The Bertz CT molecular complexity index is 621. The van der Waals surface area contributed by atoms with Crippen LogP contribution in [0, 0.1) is 17.5 Å². The van der Waals surface area contributed by atoms with E-state index in [1.165, 1.54) is 0 Å². The van der Waals surface area contributed by atoms with Gasteiger partial charge in [-0.1, -0.05) is 0 Å². The lowest BCUT2D eigenvalue weighted by Gasteiger charge is -2.09. The third-order valence-electron chi connectivity index (χ3n) is 2.86. The van der Waals surface area contributed by atoms with E-state index >= 15 is 0 Å². The highest BCUT2D eigenvalue weighted by Crippen LogP contribution is 2.15. The lowest BCUT2D eigenvalue weighted by atomic mass is 10.1. The number of carbonyl (C=O) groups excluding carboxylic acids is 3. The fourth-order valence-corrected chi connectivity index (χ4v) is 1.79. The number of hydrogen-bond donors (Lipinski definition) is 3. The maximum Gasteiger partial charge on any atom is 0.322 e. The van der Waals surface area contributed by atoms with Gasteiger partial charge in [-0.05, 0) is 18.6 Å². The van der Waals surface area contributed by atoms with Gasteiger partial charge in [-0.2, -0.15) is 0 Å². The molecule has 2 rings (SSSR count). The number of halogens is 3. The minimum atomic E-state index is -1.73. The molecule has 1 aromatic carbocycles. The van der Waals surface area contributed by atoms with Gasteiger partial charge in [0.15, 0.2) is 17.5 Å². The van der Waals surface area contributed by atoms with Crippen molar-refractivity contribution in [2.45, 2.75) is 12.5 Å². The van der Waals surface area contributed by atoms with E-state index in [1.807, 2.05) is 5.32 Å². The normalized spacial score (nSPS) is 17.4. The zero-order chi connectivity index (χ0) is 15.6. The SMILES string of the molecule is O=C1NC(=O)C(CCNC(=O)c2ccc(F)c(F)c2F)N1. The Morgan fingerprint density at radius 3 is 2.52 bits per heavy atom. The standard InChI is InChI=1S/C12H10F3N3O3/c13-6-2-1-5(8(14)9(6)15)10(19)16-4-3-7-11(20)18-12(21)17-7/h1-2,7H,3-4H2,(H,16,19)(H2,17,18,20,21). The molecule has 1 saturated heterocycles. The quantitative estimate of drug-likeness (QED) is 0.557. The van der Waals surface area contributed by atoms with E-state index in [4.69, 9.17) is 0 Å². The van der Waals surface area contributed by atoms with Crippen molar-refractivity contribution < 1.29 is 27.6 Å². The molecule has 0 radical (unpaired) electrons. The van der Waals surface area contributed by atoms with Gasteiger partial charge in [0.05, 0.1) is 5.56 Å². The lowest BCUT2D eigenvalue weighted by Crippen LogP contribution is -2.35. The molecule has 0 saturated carbocycles. The first kappa shape index (κ1) is 14.8. The van der Waals surface area contributed by atoms with E-state index < -0.39 is 46.9 Å². The van der Waals surface area contributed by atoms with E-state index in [-0.39, 0.29) is 13.0 Å². The molecule has 1 unspecified atom stereocenters. The molecule has 0 aliphatic carbocycles. The summed E-state index contributed by atoms with van der Waals surface area (Å²) in [6.45, 7) is -0.0599. The van der Waals surface area contributed by atoms with Gasteiger partial charge in [-0.15, -0.1) is 0 Å². The average Bonchev–Trinajstić information content (AvgIpc) is 2.74. The van der Waals surface area contributed by atoms with Gasteiger partial charge in [0.25, 0.3) is 11.8 Å². The Kier molecular flexibility index (Phi) is 4.10. The molecule has 1 aromatic rings. The molecule has 6 nitrogen and oxygen atoms in total. The maximum absolute atomic E-state index is 13.4. The number of urea groups is 1. The zero-order valence-electron chi connectivity index (χ0n) is 10.5. The van der Waals surface area contributed by atoms with Gasteiger partial charge >= 0.3 is 6.03 Å². The molecule has 0 bridgehead atoms. The van der Waals surface area contributed by atoms with Crippen LogP contribution in [0.2, 0.25) is 0 Å². The second kappa shape index (κ2) is 5.81. The summed E-state index contributed by atoms with van der Waals surface area (Å²) in [5.41, 5.74) is -0.645. The second-order valence-corrected chi connectivity index (χ2v) is 4.28. The molecule has 1 heterocycles. The third kappa shape index (κ3) is 3.12. The van der Waals surface area contributed by atoms with Crippen LogP contribution in [0.1, 0.15) is 16.8 Å². The largest absolute Gasteiger partial charge is 0.352 e. The van der Waals surface area contributed by atoms with Crippen molar-refractivity contribution >= 4 is 17.8 Å². The van der Waals surface area contributed by atoms with Gasteiger partial charge in [0, 0.05) is 6.54 Å². The topological polar surface area (TPSA) is 87.3 Å². The number of amides is 4. The predicted octanol–water partition coefficient (Wildman–Crippen LogP) is 0.432. The Balaban J connectivity index is 1.92. The van der Waals surface area contributed by atoms with E-state index in [2.05, 4.69) is 10.6 Å². The molecule has 9 heteroatoms. The number of rotatable bonds is 4. The van der Waals surface area contributed by atoms with Crippen molar-refractivity contribution in [3.63, 3.8) is 0 Å². The van der Waals surface area contributed by atoms with E-state index in [0.29, 0.717) is 6.07 Å². The highest BCUT2D eigenvalue weighted by Gasteiger charge is 2.29. The van der Waals surface area contributed by atoms with E-state index in [1.54, 1.807) is 0 Å². The van der Waals surface area contributed by atoms with Crippen molar-refractivity contribution in [2.75, 3.05) is 6.54 Å². The molecule has 112 valence electrons. The summed E-state index contributed by atoms with van der Waals surface area (Å²) in [6.07, 6.45) is 0.0780. The molecule has 1 aliphatic heterocycles. The van der Waals surface area contributed by atoms with Crippen molar-refractivity contribution in [3.05, 3.63) is 35.1 Å². The van der Waals surface area contributed by atoms with Crippen molar-refractivity contribution in [2.24, 2.45) is 0 Å². The Labute approximate surface area is 116 Å². The van der Waals surface area contributed by atoms with Crippen molar-refractivity contribution in [3.8, 4) is 0 Å². The summed E-state index contributed by atoms with van der Waals surface area (Å²) in [4.78, 5) is 33.7. The molecule has 1 fully saturated rings. The number of imide groups is 1. The van der Waals surface area contributed by atoms with Crippen LogP contribution in [0.25, 0.3) is 0 Å². The molecule has 4 amide bonds. The summed E-state index contributed by atoms with van der Waals surface area (Å²) in [5, 5.41) is 6.57. The van der Waals surface area contributed by atoms with Crippen LogP contribution in [0.3, 0.4) is 0 Å². The van der Waals surface area contributed by atoms with Gasteiger partial charge < -0.3 is 10.6 Å². The second-order valence-electron chi connectivity index (χ2n) is 4.28. The first-order valence-corrected chi connectivity index (χ1v) is 5.93. The summed E-state index contributed by atoms with van der Waals surface area (Å²) in [7, 11) is 0. The van der Waals surface area contributed by atoms with Crippen LogP contribution in [0.4, 0.5) is 18.0 Å². The summed E-state index contributed by atoms with van der Waals surface area (Å²) < 4.78 is 39.1. The maximum atomic E-state index is 13.4. The van der Waals surface area contributed by atoms with Crippen LogP contribution in [-0.4, -0.2) is 30.4 Å². The summed E-state index contributed by atoms with van der Waals surface area (Å²) >= 11 is 0. The molecule has 0 aromatic heterocycles. The first-order chi connectivity index (χ1) is 9.90. The fourth-order valence-electron chi connectivity index (χ4n) is 1.79. The predicted molar refractivity (Wildman–Crippen MR) is 63.7 cm³/mol. The average molecular weight is 301 g/mol. The Morgan fingerprint density at radius 1 is 1.19 bits per heavy atom. The first-order valence-electron chi connectivity index (χ1n) is 5.93. The van der Waals surface area contributed by atoms with E-state index in [9.17, 15) is 27.6 Å². The Morgan fingerprint density at radius 2 is 1.90 bits per heavy atom. The van der Waals surface area contributed by atoms with Crippen LogP contribution in [-0.2, 0) is 4.79 Å². The molecular weight excluding hydrogens is 291 g/mol. The molecule has 1 aliphatic rings. The highest BCUT2D eigenvalue weighted by atomic mass is 19.2. The highest BCUT2D eigenvalue weighted by molar-refractivity contribution is 6.04. The molecule has 1 atom stereocenters. The minimum Gasteiger partial charge on any atom is -0.352 e. The van der Waals surface area contributed by atoms with Crippen LogP contribution in [0.15, 0.2) is 12.1 Å². The smallest absolute Gasteiger partial charge is 0.322 e. The zero-order valence-corrected chi connectivity index (χ0v) is 10.5. The molecule has 0 spiro atoms. The fraction of sp³-hybridized carbons (Fsp3) is 0.250. The summed E-state index contributed by atoms with van der Waals surface area (Å²) in [6, 6.07) is 0.0149. The Hall–Kier alpha value is -2.58. The van der Waals surface area contributed by atoms with Crippen LogP contribution in [0.5, 0.6) is 0 Å². The van der Waals surface area contributed by atoms with Crippen LogP contribution < -0.4 is 16.0 Å². The monoisotopic (exact) mass is 301 g/mol. The van der Waals surface area contributed by atoms with Gasteiger partial charge in [0.1, 0.15) is 6.04 Å². The number of carbonyl (C=O) groups is 3. The third-order valence-corrected chi connectivity index (χ3v) is 2.86.